The third kappa shape index (κ3) is 3.83. The Balaban J connectivity index is 1.45. The molecule has 0 saturated carbocycles. The number of carbonyl (C=O) groups is 1. The molecule has 1 aliphatic heterocycles. The second kappa shape index (κ2) is 8.43. The Hall–Kier alpha value is -3.71. The van der Waals surface area contributed by atoms with Crippen molar-refractivity contribution in [2.24, 2.45) is 0 Å². The van der Waals surface area contributed by atoms with E-state index in [1.807, 2.05) is 42.5 Å². The molecule has 5 rings (SSSR count). The first kappa shape index (κ1) is 20.2. The van der Waals surface area contributed by atoms with Gasteiger partial charge in [0.05, 0.1) is 31.0 Å². The zero-order valence-corrected chi connectivity index (χ0v) is 18.0. The predicted octanol–water partition coefficient (Wildman–Crippen LogP) is 4.78. The second-order valence-corrected chi connectivity index (χ2v) is 7.95. The average molecular weight is 447 g/mol. The number of nitrogens with zero attached hydrogens (tertiary/aromatic N) is 4. The molecule has 2 aromatic carbocycles. The van der Waals surface area contributed by atoms with E-state index in [1.54, 1.807) is 25.6 Å². The number of anilines is 1. The van der Waals surface area contributed by atoms with Crippen molar-refractivity contribution in [3.8, 4) is 17.2 Å². The summed E-state index contributed by atoms with van der Waals surface area (Å²) in [5.74, 6) is 0.555. The first-order valence-corrected chi connectivity index (χ1v) is 10.4. The zero-order valence-electron chi connectivity index (χ0n) is 17.2. The third-order valence-corrected chi connectivity index (χ3v) is 5.80. The Morgan fingerprint density at radius 2 is 2.03 bits per heavy atom. The number of halogens is 1. The molecule has 0 amide bonds. The van der Waals surface area contributed by atoms with Crippen LogP contribution in [-0.4, -0.2) is 34.6 Å². The topological polar surface area (TPSA) is 81.3 Å². The predicted molar refractivity (Wildman–Crippen MR) is 120 cm³/mol. The van der Waals surface area contributed by atoms with Crippen LogP contribution < -0.4 is 9.64 Å². The van der Waals surface area contributed by atoms with Gasteiger partial charge in [-0.3, -0.25) is 4.79 Å². The van der Waals surface area contributed by atoms with Crippen LogP contribution in [0, 0.1) is 0 Å². The first-order chi connectivity index (χ1) is 15.6. The van der Waals surface area contributed by atoms with E-state index in [0.717, 1.165) is 16.8 Å². The molecule has 1 unspecified atom stereocenters. The number of rotatable bonds is 6. The average Bonchev–Trinajstić information content (AvgIpc) is 3.46. The Morgan fingerprint density at radius 1 is 1.19 bits per heavy atom. The molecule has 3 heterocycles. The molecule has 1 atom stereocenters. The number of Topliss-reactive ketones (excluding diaryl/α,β-unsaturated/α-hetero) is 1. The second-order valence-electron chi connectivity index (χ2n) is 7.52. The molecule has 0 bridgehead atoms. The molecule has 0 radical (unpaired) electrons. The van der Waals surface area contributed by atoms with E-state index >= 15 is 0 Å². The van der Waals surface area contributed by atoms with Gasteiger partial charge in [-0.2, -0.15) is 10.2 Å². The highest BCUT2D eigenvalue weighted by Gasteiger charge is 2.36. The molecule has 0 N–H and O–H groups in total. The number of methoxy groups -OCH3 is 1. The highest BCUT2D eigenvalue weighted by atomic mass is 35.5. The summed E-state index contributed by atoms with van der Waals surface area (Å²) in [6.07, 6.45) is 4.50. The van der Waals surface area contributed by atoms with Gasteiger partial charge < -0.3 is 14.1 Å². The summed E-state index contributed by atoms with van der Waals surface area (Å²) in [6.45, 7) is 1.19. The van der Waals surface area contributed by atoms with Crippen LogP contribution in [0.25, 0.3) is 11.5 Å². The van der Waals surface area contributed by atoms with Gasteiger partial charge >= 0.3 is 0 Å². The van der Waals surface area contributed by atoms with Crippen LogP contribution in [-0.2, 0) is 6.54 Å². The van der Waals surface area contributed by atoms with Gasteiger partial charge in [-0.25, -0.2) is 4.98 Å². The van der Waals surface area contributed by atoms with Gasteiger partial charge in [0.2, 0.25) is 5.89 Å². The van der Waals surface area contributed by atoms with Crippen molar-refractivity contribution in [2.75, 3.05) is 18.6 Å². The minimum Gasteiger partial charge on any atom is -0.497 e. The van der Waals surface area contributed by atoms with E-state index in [2.05, 4.69) is 20.1 Å². The monoisotopic (exact) mass is 446 g/mol. The lowest BCUT2D eigenvalue weighted by molar-refractivity contribution is 0.0960. The Labute approximate surface area is 189 Å². The van der Waals surface area contributed by atoms with Crippen molar-refractivity contribution < 1.29 is 13.9 Å². The van der Waals surface area contributed by atoms with Crippen molar-refractivity contribution >= 4 is 23.1 Å². The minimum absolute atomic E-state index is 0.102. The van der Waals surface area contributed by atoms with Crippen LogP contribution in [0.5, 0.6) is 5.75 Å². The number of aromatic nitrogens is 3. The maximum atomic E-state index is 13.5. The van der Waals surface area contributed by atoms with E-state index < -0.39 is 0 Å². The van der Waals surface area contributed by atoms with Crippen molar-refractivity contribution in [3.05, 3.63) is 89.0 Å². The van der Waals surface area contributed by atoms with Crippen LogP contribution in [0.3, 0.4) is 0 Å². The van der Waals surface area contributed by atoms with Crippen LogP contribution >= 0.6 is 11.6 Å². The fourth-order valence-corrected chi connectivity index (χ4v) is 4.07. The smallest absolute Gasteiger partial charge is 0.228 e. The number of hydrogen-bond donors (Lipinski definition) is 0. The summed E-state index contributed by atoms with van der Waals surface area (Å²) < 4.78 is 11.0. The molecule has 0 fully saturated rings. The first-order valence-electron chi connectivity index (χ1n) is 10.1. The van der Waals surface area contributed by atoms with Gasteiger partial charge in [-0.1, -0.05) is 23.7 Å². The fraction of sp³-hybridized carbons (Fsp3) is 0.167. The molecule has 0 spiro atoms. The summed E-state index contributed by atoms with van der Waals surface area (Å²) in [6, 6.07) is 15.3. The highest BCUT2D eigenvalue weighted by Crippen LogP contribution is 2.41. The standard InChI is InChI=1S/C24H19ClN4O3/c1-31-18-6-7-22-19(10-18)20(13-29(22)12-15-2-4-17(25)5-3-15)23(30)21-14-32-24(28-21)16-8-9-26-27-11-16/h2-11,14,20H,12-13H2,1H3. The number of ether oxygens (including phenoxy) is 1. The highest BCUT2D eigenvalue weighted by molar-refractivity contribution is 6.30. The lowest BCUT2D eigenvalue weighted by Crippen LogP contribution is -2.24. The number of oxazole rings is 1. The van der Waals surface area contributed by atoms with Crippen molar-refractivity contribution in [1.29, 1.82) is 0 Å². The molecule has 2 aromatic heterocycles. The molecule has 160 valence electrons. The Kier molecular flexibility index (Phi) is 5.33. The van der Waals surface area contributed by atoms with E-state index in [-0.39, 0.29) is 17.4 Å². The molecule has 4 aromatic rings. The molecular weight excluding hydrogens is 428 g/mol. The van der Waals surface area contributed by atoms with E-state index in [1.165, 1.54) is 6.26 Å². The van der Waals surface area contributed by atoms with Gasteiger partial charge in [-0.15, -0.1) is 0 Å². The molecule has 32 heavy (non-hydrogen) atoms. The van der Waals surface area contributed by atoms with Crippen molar-refractivity contribution in [1.82, 2.24) is 15.2 Å². The molecule has 8 heteroatoms. The summed E-state index contributed by atoms with van der Waals surface area (Å²) in [5.41, 5.74) is 3.97. The fourth-order valence-electron chi connectivity index (χ4n) is 3.94. The molecule has 7 nitrogen and oxygen atoms in total. The van der Waals surface area contributed by atoms with Crippen molar-refractivity contribution in [2.45, 2.75) is 12.5 Å². The summed E-state index contributed by atoms with van der Waals surface area (Å²) >= 11 is 6.03. The molecule has 0 saturated heterocycles. The van der Waals surface area contributed by atoms with Crippen LogP contribution in [0.4, 0.5) is 5.69 Å². The van der Waals surface area contributed by atoms with Crippen LogP contribution in [0.2, 0.25) is 5.02 Å². The number of benzene rings is 2. The maximum absolute atomic E-state index is 13.5. The van der Waals surface area contributed by atoms with Crippen molar-refractivity contribution in [3.63, 3.8) is 0 Å². The summed E-state index contributed by atoms with van der Waals surface area (Å²) in [4.78, 5) is 20.1. The Morgan fingerprint density at radius 3 is 2.78 bits per heavy atom. The van der Waals surface area contributed by atoms with Gasteiger partial charge in [0, 0.05) is 23.8 Å². The van der Waals surface area contributed by atoms with Crippen LogP contribution in [0.15, 0.2) is 71.6 Å². The number of fused-ring (bicyclic) bond motifs is 1. The van der Waals surface area contributed by atoms with Gasteiger partial charge in [0.1, 0.15) is 17.7 Å². The number of hydrogen-bond acceptors (Lipinski definition) is 7. The van der Waals surface area contributed by atoms with Gasteiger partial charge in [0.25, 0.3) is 0 Å². The lowest BCUT2D eigenvalue weighted by Gasteiger charge is -2.20. The number of carbonyl (C=O) groups excluding carboxylic acids is 1. The third-order valence-electron chi connectivity index (χ3n) is 5.54. The largest absolute Gasteiger partial charge is 0.497 e. The molecule has 0 aliphatic carbocycles. The molecular formula is C24H19ClN4O3. The lowest BCUT2D eigenvalue weighted by atomic mass is 9.95. The normalized spacial score (nSPS) is 14.9. The van der Waals surface area contributed by atoms with Gasteiger partial charge in [-0.05, 0) is 47.5 Å². The van der Waals surface area contributed by atoms with E-state index in [0.29, 0.717) is 35.3 Å². The SMILES string of the molecule is COc1ccc2c(c1)C(C(=O)c1coc(-c3ccnnc3)n1)CN2Cc1ccc(Cl)cc1. The van der Waals surface area contributed by atoms with E-state index in [4.69, 9.17) is 20.8 Å². The summed E-state index contributed by atoms with van der Waals surface area (Å²) in [5, 5.41) is 8.28. The Bertz CT molecular complexity index is 1260. The summed E-state index contributed by atoms with van der Waals surface area (Å²) in [7, 11) is 1.62. The van der Waals surface area contributed by atoms with E-state index in [9.17, 15) is 4.79 Å². The molecule has 1 aliphatic rings. The number of ketones is 1. The van der Waals surface area contributed by atoms with Gasteiger partial charge in [0.15, 0.2) is 5.78 Å². The quantitative estimate of drug-likeness (QED) is 0.394. The minimum atomic E-state index is -0.388. The maximum Gasteiger partial charge on any atom is 0.228 e. The van der Waals surface area contributed by atoms with Crippen LogP contribution in [0.1, 0.15) is 27.5 Å². The zero-order chi connectivity index (χ0) is 22.1.